The number of aliphatic hydroxyl groups is 1. The van der Waals surface area contributed by atoms with Crippen LogP contribution in [0.15, 0.2) is 59.5 Å². The molecular formula is C24H23F3N4O4S. The van der Waals surface area contributed by atoms with E-state index in [1.165, 1.54) is 18.2 Å². The van der Waals surface area contributed by atoms with Gasteiger partial charge >= 0.3 is 0 Å². The SMILES string of the molecule is Cc1[nH]nc2cc(OCCNC[C@H](O)c3cccc(NS(=O)(=O)c4c(F)cc(F)cc4F)c3)ccc12. The molecule has 0 spiro atoms. The fourth-order valence-electron chi connectivity index (χ4n) is 3.61. The van der Waals surface area contributed by atoms with Gasteiger partial charge in [0, 0.05) is 48.1 Å². The molecular weight excluding hydrogens is 497 g/mol. The summed E-state index contributed by atoms with van der Waals surface area (Å²) in [6.07, 6.45) is -1.00. The molecule has 0 saturated heterocycles. The van der Waals surface area contributed by atoms with Gasteiger partial charge in [0.2, 0.25) is 0 Å². The molecule has 0 amide bonds. The van der Waals surface area contributed by atoms with Crippen LogP contribution in [0.1, 0.15) is 17.4 Å². The molecule has 4 N–H and O–H groups in total. The van der Waals surface area contributed by atoms with Gasteiger partial charge in [-0.25, -0.2) is 21.6 Å². The Kier molecular flexibility index (Phi) is 7.48. The number of aromatic nitrogens is 2. The summed E-state index contributed by atoms with van der Waals surface area (Å²) in [4.78, 5) is -1.29. The summed E-state index contributed by atoms with van der Waals surface area (Å²) in [7, 11) is -4.68. The van der Waals surface area contributed by atoms with Gasteiger partial charge in [-0.3, -0.25) is 9.82 Å². The van der Waals surface area contributed by atoms with E-state index in [1.807, 2.05) is 25.1 Å². The highest BCUT2D eigenvalue weighted by atomic mass is 32.2. The standard InChI is InChI=1S/C24H23F3N4O4S/c1-14-19-6-5-18(12-22(19)30-29-14)35-8-7-28-13-23(32)15-3-2-4-17(9-15)31-36(33,34)24-20(26)10-16(25)11-21(24)27/h2-6,9-12,23,28,31-32H,7-8,13H2,1H3,(H,29,30)/t23-/m0/s1. The summed E-state index contributed by atoms with van der Waals surface area (Å²) < 4.78 is 73.7. The van der Waals surface area contributed by atoms with Crippen molar-refractivity contribution in [2.45, 2.75) is 17.9 Å². The van der Waals surface area contributed by atoms with Gasteiger partial charge in [0.1, 0.15) is 29.8 Å². The van der Waals surface area contributed by atoms with Crippen LogP contribution in [0, 0.1) is 24.4 Å². The number of rotatable bonds is 10. The lowest BCUT2D eigenvalue weighted by Crippen LogP contribution is -2.26. The number of benzene rings is 3. The van der Waals surface area contributed by atoms with Gasteiger partial charge in [-0.15, -0.1) is 0 Å². The number of sulfonamides is 1. The molecule has 1 aromatic heterocycles. The molecule has 4 aromatic rings. The van der Waals surface area contributed by atoms with Crippen molar-refractivity contribution in [2.24, 2.45) is 0 Å². The molecule has 12 heteroatoms. The third-order valence-electron chi connectivity index (χ3n) is 5.36. The van der Waals surface area contributed by atoms with Gasteiger partial charge in [0.05, 0.1) is 11.6 Å². The van der Waals surface area contributed by atoms with Crippen molar-refractivity contribution < 1.29 is 31.4 Å². The van der Waals surface area contributed by atoms with Gasteiger partial charge in [0.15, 0.2) is 4.90 Å². The zero-order valence-corrected chi connectivity index (χ0v) is 19.9. The maximum Gasteiger partial charge on any atom is 0.267 e. The van der Waals surface area contributed by atoms with Gasteiger partial charge < -0.3 is 15.2 Å². The lowest BCUT2D eigenvalue weighted by molar-refractivity contribution is 0.172. The molecule has 0 aliphatic rings. The quantitative estimate of drug-likeness (QED) is 0.237. The molecule has 0 aliphatic carbocycles. The Bertz CT molecular complexity index is 1470. The van der Waals surface area contributed by atoms with Crippen LogP contribution in [0.25, 0.3) is 10.9 Å². The van der Waals surface area contributed by atoms with Crippen molar-refractivity contribution in [3.8, 4) is 5.75 Å². The summed E-state index contributed by atoms with van der Waals surface area (Å²) in [5.41, 5.74) is 2.11. The first-order valence-electron chi connectivity index (χ1n) is 10.9. The molecule has 1 atom stereocenters. The highest BCUT2D eigenvalue weighted by Gasteiger charge is 2.25. The van der Waals surface area contributed by atoms with E-state index in [1.54, 1.807) is 6.07 Å². The summed E-state index contributed by atoms with van der Waals surface area (Å²) in [6.45, 7) is 2.82. The topological polar surface area (TPSA) is 116 Å². The molecule has 0 radical (unpaired) electrons. The van der Waals surface area contributed by atoms with E-state index < -0.39 is 38.5 Å². The van der Waals surface area contributed by atoms with E-state index in [4.69, 9.17) is 4.74 Å². The highest BCUT2D eigenvalue weighted by molar-refractivity contribution is 7.92. The molecule has 1 heterocycles. The maximum absolute atomic E-state index is 13.9. The predicted octanol–water partition coefficient (Wildman–Crippen LogP) is 3.79. The van der Waals surface area contributed by atoms with Crippen LogP contribution in [-0.2, 0) is 10.0 Å². The average Bonchev–Trinajstić information content (AvgIpc) is 3.17. The number of ether oxygens (including phenoxy) is 1. The molecule has 0 saturated carbocycles. The maximum atomic E-state index is 13.9. The number of nitrogens with one attached hydrogen (secondary N) is 3. The van der Waals surface area contributed by atoms with E-state index in [0.29, 0.717) is 24.5 Å². The first kappa shape index (κ1) is 25.5. The minimum atomic E-state index is -4.68. The Morgan fingerprint density at radius 2 is 1.83 bits per heavy atom. The lowest BCUT2D eigenvalue weighted by atomic mass is 10.1. The second kappa shape index (κ2) is 10.6. The van der Waals surface area contributed by atoms with Crippen LogP contribution in [0.2, 0.25) is 0 Å². The first-order valence-corrected chi connectivity index (χ1v) is 12.4. The van der Waals surface area contributed by atoms with Crippen LogP contribution >= 0.6 is 0 Å². The monoisotopic (exact) mass is 520 g/mol. The number of fused-ring (bicyclic) bond motifs is 1. The van der Waals surface area contributed by atoms with Crippen molar-refractivity contribution in [1.82, 2.24) is 15.5 Å². The van der Waals surface area contributed by atoms with E-state index in [-0.39, 0.29) is 24.4 Å². The van der Waals surface area contributed by atoms with Gasteiger partial charge in [-0.2, -0.15) is 5.10 Å². The zero-order valence-electron chi connectivity index (χ0n) is 19.1. The molecule has 3 aromatic carbocycles. The van der Waals surface area contributed by atoms with Crippen LogP contribution in [-0.4, -0.2) is 43.4 Å². The minimum absolute atomic E-state index is 0.0259. The number of hydrogen-bond acceptors (Lipinski definition) is 6. The van der Waals surface area contributed by atoms with E-state index in [9.17, 15) is 26.7 Å². The normalized spacial score (nSPS) is 12.6. The Morgan fingerprint density at radius 1 is 1.08 bits per heavy atom. The van der Waals surface area contributed by atoms with Gasteiger partial charge in [0.25, 0.3) is 10.0 Å². The number of H-pyrrole nitrogens is 1. The van der Waals surface area contributed by atoms with Gasteiger partial charge in [-0.1, -0.05) is 12.1 Å². The van der Waals surface area contributed by atoms with Crippen LogP contribution < -0.4 is 14.8 Å². The number of hydrogen-bond donors (Lipinski definition) is 4. The van der Waals surface area contributed by atoms with Crippen LogP contribution in [0.3, 0.4) is 0 Å². The van der Waals surface area contributed by atoms with Crippen molar-refractivity contribution in [3.05, 3.63) is 83.3 Å². The lowest BCUT2D eigenvalue weighted by Gasteiger charge is -2.15. The second-order valence-electron chi connectivity index (χ2n) is 8.03. The fraction of sp³-hybridized carbons (Fsp3) is 0.208. The zero-order chi connectivity index (χ0) is 25.9. The molecule has 0 bridgehead atoms. The number of halogens is 3. The Hall–Kier alpha value is -3.61. The van der Waals surface area contributed by atoms with Crippen molar-refractivity contribution in [1.29, 1.82) is 0 Å². The fourth-order valence-corrected chi connectivity index (χ4v) is 4.78. The molecule has 36 heavy (non-hydrogen) atoms. The summed E-state index contributed by atoms with van der Waals surface area (Å²) in [5, 5.41) is 21.6. The largest absolute Gasteiger partial charge is 0.492 e. The Balaban J connectivity index is 1.31. The third kappa shape index (κ3) is 5.78. The third-order valence-corrected chi connectivity index (χ3v) is 6.79. The van der Waals surface area contributed by atoms with Crippen LogP contribution in [0.5, 0.6) is 5.75 Å². The second-order valence-corrected chi connectivity index (χ2v) is 9.64. The number of aliphatic hydroxyl groups excluding tert-OH is 1. The van der Waals surface area contributed by atoms with E-state index >= 15 is 0 Å². The van der Waals surface area contributed by atoms with Gasteiger partial charge in [-0.05, 0) is 36.8 Å². The first-order chi connectivity index (χ1) is 17.1. The number of aryl methyl sites for hydroxylation is 1. The predicted molar refractivity (Wildman–Crippen MR) is 128 cm³/mol. The van der Waals surface area contributed by atoms with E-state index in [0.717, 1.165) is 16.6 Å². The molecule has 0 unspecified atom stereocenters. The molecule has 8 nitrogen and oxygen atoms in total. The van der Waals surface area contributed by atoms with Crippen molar-refractivity contribution in [3.63, 3.8) is 0 Å². The number of anilines is 1. The smallest absolute Gasteiger partial charge is 0.267 e. The molecule has 190 valence electrons. The number of aromatic amines is 1. The molecule has 0 aliphatic heterocycles. The summed E-state index contributed by atoms with van der Waals surface area (Å²) in [5.74, 6) is -3.69. The summed E-state index contributed by atoms with van der Waals surface area (Å²) in [6, 6.07) is 11.9. The van der Waals surface area contributed by atoms with Crippen molar-refractivity contribution in [2.75, 3.05) is 24.4 Å². The molecule has 4 rings (SSSR count). The average molecular weight is 521 g/mol. The Labute approximate surface area is 205 Å². The molecule has 0 fully saturated rings. The van der Waals surface area contributed by atoms with E-state index in [2.05, 4.69) is 20.2 Å². The van der Waals surface area contributed by atoms with Crippen molar-refractivity contribution >= 4 is 26.6 Å². The minimum Gasteiger partial charge on any atom is -0.492 e. The number of nitrogens with zero attached hydrogens (tertiary/aromatic N) is 1. The Morgan fingerprint density at radius 3 is 2.58 bits per heavy atom. The van der Waals surface area contributed by atoms with Crippen LogP contribution in [0.4, 0.5) is 18.9 Å². The highest BCUT2D eigenvalue weighted by Crippen LogP contribution is 2.25. The summed E-state index contributed by atoms with van der Waals surface area (Å²) >= 11 is 0.